The molecule has 94 valence electrons. The van der Waals surface area contributed by atoms with Crippen molar-refractivity contribution in [2.24, 2.45) is 0 Å². The van der Waals surface area contributed by atoms with E-state index in [1.807, 2.05) is 19.1 Å². The second-order valence-electron chi connectivity index (χ2n) is 4.03. The molecule has 19 heavy (non-hydrogen) atoms. The van der Waals surface area contributed by atoms with Crippen LogP contribution in [-0.4, -0.2) is 25.2 Å². The molecule has 1 N–H and O–H groups in total. The van der Waals surface area contributed by atoms with Crippen LogP contribution in [-0.2, 0) is 0 Å². The first-order chi connectivity index (χ1) is 9.24. The van der Waals surface area contributed by atoms with Gasteiger partial charge in [-0.25, -0.2) is 0 Å². The van der Waals surface area contributed by atoms with Gasteiger partial charge in [0.1, 0.15) is 11.4 Å². The molecule has 0 radical (unpaired) electrons. The van der Waals surface area contributed by atoms with Gasteiger partial charge in [-0.2, -0.15) is 4.98 Å². The Morgan fingerprint density at radius 3 is 2.89 bits per heavy atom. The highest BCUT2D eigenvalue weighted by atomic mass is 16.5. The highest BCUT2D eigenvalue weighted by Crippen LogP contribution is 2.27. The number of nitrogens with zero attached hydrogens (tertiary/aromatic N) is 4. The third-order valence-electron chi connectivity index (χ3n) is 2.60. The predicted octanol–water partition coefficient (Wildman–Crippen LogP) is 2.21. The molecule has 3 aromatic rings. The first-order valence-corrected chi connectivity index (χ1v) is 5.64. The van der Waals surface area contributed by atoms with Crippen molar-refractivity contribution in [1.29, 1.82) is 0 Å². The van der Waals surface area contributed by atoms with Crippen LogP contribution in [0.25, 0.3) is 23.0 Å². The van der Waals surface area contributed by atoms with Crippen molar-refractivity contribution in [2.75, 3.05) is 0 Å². The van der Waals surface area contributed by atoms with E-state index in [4.69, 9.17) is 4.52 Å². The largest absolute Gasteiger partial charge is 0.505 e. The third kappa shape index (κ3) is 2.15. The van der Waals surface area contributed by atoms with E-state index < -0.39 is 0 Å². The standard InChI is InChI=1S/C13H10N4O2/c1-8-2-5-15-10(6-8)12-16-13(19-17-12)9-3-4-14-7-11(9)18/h2-7,18H,1H3. The van der Waals surface area contributed by atoms with Gasteiger partial charge in [0, 0.05) is 12.4 Å². The lowest BCUT2D eigenvalue weighted by molar-refractivity contribution is 0.425. The van der Waals surface area contributed by atoms with Crippen molar-refractivity contribution in [1.82, 2.24) is 20.1 Å². The molecule has 0 unspecified atom stereocenters. The molecule has 0 aliphatic carbocycles. The van der Waals surface area contributed by atoms with Crippen LogP contribution in [0.2, 0.25) is 0 Å². The van der Waals surface area contributed by atoms with Gasteiger partial charge in [0.2, 0.25) is 5.82 Å². The summed E-state index contributed by atoms with van der Waals surface area (Å²) in [5.41, 5.74) is 2.13. The SMILES string of the molecule is Cc1ccnc(-c2noc(-c3ccncc3O)n2)c1. The van der Waals surface area contributed by atoms with E-state index in [9.17, 15) is 5.11 Å². The maximum Gasteiger partial charge on any atom is 0.262 e. The van der Waals surface area contributed by atoms with Gasteiger partial charge in [0.15, 0.2) is 0 Å². The number of aromatic nitrogens is 4. The van der Waals surface area contributed by atoms with Crippen LogP contribution in [0.1, 0.15) is 5.56 Å². The molecular formula is C13H10N4O2. The second-order valence-corrected chi connectivity index (χ2v) is 4.03. The summed E-state index contributed by atoms with van der Waals surface area (Å²) in [6.07, 6.45) is 4.55. The van der Waals surface area contributed by atoms with E-state index in [1.165, 1.54) is 6.20 Å². The lowest BCUT2D eigenvalue weighted by Crippen LogP contribution is -1.86. The molecule has 0 spiro atoms. The fraction of sp³-hybridized carbons (Fsp3) is 0.0769. The van der Waals surface area contributed by atoms with Gasteiger partial charge >= 0.3 is 0 Å². The van der Waals surface area contributed by atoms with Gasteiger partial charge in [-0.3, -0.25) is 9.97 Å². The Kier molecular flexibility index (Phi) is 2.68. The minimum absolute atomic E-state index is 0.00472. The topological polar surface area (TPSA) is 84.9 Å². The number of hydrogen-bond acceptors (Lipinski definition) is 6. The zero-order valence-corrected chi connectivity index (χ0v) is 10.1. The highest BCUT2D eigenvalue weighted by Gasteiger charge is 2.14. The van der Waals surface area contributed by atoms with E-state index in [1.54, 1.807) is 18.5 Å². The molecule has 6 nitrogen and oxygen atoms in total. The summed E-state index contributed by atoms with van der Waals surface area (Å²) in [4.78, 5) is 12.2. The molecule has 0 fully saturated rings. The van der Waals surface area contributed by atoms with Crippen molar-refractivity contribution >= 4 is 0 Å². The Balaban J connectivity index is 2.03. The van der Waals surface area contributed by atoms with Crippen LogP contribution < -0.4 is 0 Å². The molecular weight excluding hydrogens is 244 g/mol. The first kappa shape index (κ1) is 11.3. The molecule has 3 rings (SSSR count). The lowest BCUT2D eigenvalue weighted by atomic mass is 10.2. The van der Waals surface area contributed by atoms with Crippen molar-refractivity contribution < 1.29 is 9.63 Å². The van der Waals surface area contributed by atoms with Gasteiger partial charge < -0.3 is 9.63 Å². The van der Waals surface area contributed by atoms with Crippen LogP contribution >= 0.6 is 0 Å². The molecule has 3 aromatic heterocycles. The Hall–Kier alpha value is -2.76. The van der Waals surface area contributed by atoms with Gasteiger partial charge in [-0.1, -0.05) is 5.16 Å². The summed E-state index contributed by atoms with van der Waals surface area (Å²) in [6, 6.07) is 5.36. The van der Waals surface area contributed by atoms with E-state index in [0.717, 1.165) is 5.56 Å². The average molecular weight is 254 g/mol. The lowest BCUT2D eigenvalue weighted by Gasteiger charge is -1.96. The maximum absolute atomic E-state index is 9.68. The van der Waals surface area contributed by atoms with E-state index >= 15 is 0 Å². The van der Waals surface area contributed by atoms with E-state index in [0.29, 0.717) is 17.1 Å². The Morgan fingerprint density at radius 1 is 1.21 bits per heavy atom. The highest BCUT2D eigenvalue weighted by molar-refractivity contribution is 5.62. The average Bonchev–Trinajstić information content (AvgIpc) is 2.89. The smallest absolute Gasteiger partial charge is 0.262 e. The molecule has 0 saturated heterocycles. The van der Waals surface area contributed by atoms with Crippen molar-refractivity contribution in [3.63, 3.8) is 0 Å². The van der Waals surface area contributed by atoms with Crippen molar-refractivity contribution in [2.45, 2.75) is 6.92 Å². The molecule has 3 heterocycles. The number of hydrogen-bond donors (Lipinski definition) is 1. The maximum atomic E-state index is 9.68. The molecule has 0 saturated carbocycles. The quantitative estimate of drug-likeness (QED) is 0.754. The zero-order valence-electron chi connectivity index (χ0n) is 10.1. The monoisotopic (exact) mass is 254 g/mol. The molecule has 6 heteroatoms. The minimum atomic E-state index is -0.00472. The van der Waals surface area contributed by atoms with Gasteiger partial charge in [0.05, 0.1) is 11.8 Å². The molecule has 0 aromatic carbocycles. The summed E-state index contributed by atoms with van der Waals surface area (Å²) >= 11 is 0. The fourth-order valence-corrected chi connectivity index (χ4v) is 1.66. The Bertz CT molecular complexity index is 724. The normalized spacial score (nSPS) is 10.6. The third-order valence-corrected chi connectivity index (χ3v) is 2.60. The van der Waals surface area contributed by atoms with Crippen LogP contribution in [0.3, 0.4) is 0 Å². The number of pyridine rings is 2. The van der Waals surface area contributed by atoms with Crippen LogP contribution in [0.4, 0.5) is 0 Å². The fourth-order valence-electron chi connectivity index (χ4n) is 1.66. The van der Waals surface area contributed by atoms with E-state index in [2.05, 4.69) is 20.1 Å². The van der Waals surface area contributed by atoms with E-state index in [-0.39, 0.29) is 11.6 Å². The summed E-state index contributed by atoms with van der Waals surface area (Å²) < 4.78 is 5.14. The predicted molar refractivity (Wildman–Crippen MR) is 67.2 cm³/mol. The Labute approximate surface area is 108 Å². The number of rotatable bonds is 2. The first-order valence-electron chi connectivity index (χ1n) is 5.64. The van der Waals surface area contributed by atoms with Crippen LogP contribution in [0.5, 0.6) is 5.75 Å². The summed E-state index contributed by atoms with van der Waals surface area (Å²) in [5, 5.41) is 13.5. The molecule has 0 aliphatic heterocycles. The van der Waals surface area contributed by atoms with Crippen molar-refractivity contribution in [3.05, 3.63) is 42.4 Å². The molecule has 0 aliphatic rings. The zero-order chi connectivity index (χ0) is 13.2. The second kappa shape index (κ2) is 4.49. The molecule has 0 amide bonds. The van der Waals surface area contributed by atoms with Gasteiger partial charge in [0.25, 0.3) is 5.89 Å². The van der Waals surface area contributed by atoms with Crippen LogP contribution in [0, 0.1) is 6.92 Å². The summed E-state index contributed by atoms with van der Waals surface area (Å²) in [5.74, 6) is 0.614. The molecule has 0 atom stereocenters. The summed E-state index contributed by atoms with van der Waals surface area (Å²) in [7, 11) is 0. The Morgan fingerprint density at radius 2 is 2.11 bits per heavy atom. The summed E-state index contributed by atoms with van der Waals surface area (Å²) in [6.45, 7) is 1.96. The number of aromatic hydroxyl groups is 1. The van der Waals surface area contributed by atoms with Gasteiger partial charge in [-0.05, 0) is 30.7 Å². The van der Waals surface area contributed by atoms with Crippen molar-refractivity contribution in [3.8, 4) is 28.7 Å². The molecule has 0 bridgehead atoms. The number of aryl methyl sites for hydroxylation is 1. The minimum Gasteiger partial charge on any atom is -0.505 e. The van der Waals surface area contributed by atoms with Crippen LogP contribution in [0.15, 0.2) is 41.3 Å². The van der Waals surface area contributed by atoms with Gasteiger partial charge in [-0.15, -0.1) is 0 Å².